The lowest BCUT2D eigenvalue weighted by molar-refractivity contribution is 0.0652. The summed E-state index contributed by atoms with van der Waals surface area (Å²) in [6.45, 7) is 1.90. The Balaban J connectivity index is 2.42. The van der Waals surface area contributed by atoms with Crippen molar-refractivity contribution < 1.29 is 19.2 Å². The third-order valence-electron chi connectivity index (χ3n) is 2.43. The van der Waals surface area contributed by atoms with E-state index in [9.17, 15) is 4.79 Å². The molecule has 1 aromatic heterocycles. The Morgan fingerprint density at radius 3 is 2.71 bits per heavy atom. The number of aromatic nitrogens is 1. The van der Waals surface area contributed by atoms with E-state index in [1.165, 1.54) is 6.07 Å². The standard InChI is InChI=1S/C12H11NO4/c1-7-5-8(16-2)3-4-9(7)10-6-11(12(14)15)17-13-10/h3-6H,1-2H3,(H,14,15). The van der Waals surface area contributed by atoms with E-state index in [1.807, 2.05) is 19.1 Å². The smallest absolute Gasteiger partial charge is 0.374 e. The number of benzene rings is 1. The second-order valence-corrected chi connectivity index (χ2v) is 3.56. The van der Waals surface area contributed by atoms with Crippen molar-refractivity contribution in [3.63, 3.8) is 0 Å². The number of carbonyl (C=O) groups is 1. The van der Waals surface area contributed by atoms with Crippen molar-refractivity contribution in [2.24, 2.45) is 0 Å². The molecule has 0 radical (unpaired) electrons. The highest BCUT2D eigenvalue weighted by atomic mass is 16.5. The Morgan fingerprint density at radius 2 is 2.18 bits per heavy atom. The molecule has 0 aliphatic carbocycles. The zero-order valence-electron chi connectivity index (χ0n) is 9.43. The first-order valence-corrected chi connectivity index (χ1v) is 4.97. The Hall–Kier alpha value is -2.30. The van der Waals surface area contributed by atoms with E-state index in [4.69, 9.17) is 14.4 Å². The normalized spacial score (nSPS) is 10.2. The van der Waals surface area contributed by atoms with Gasteiger partial charge in [0.25, 0.3) is 0 Å². The summed E-state index contributed by atoms with van der Waals surface area (Å²) in [5.74, 6) is -0.557. The molecule has 0 unspecified atom stereocenters. The molecule has 0 amide bonds. The minimum atomic E-state index is -1.13. The van der Waals surface area contributed by atoms with Gasteiger partial charge in [0.15, 0.2) is 0 Å². The Morgan fingerprint density at radius 1 is 1.41 bits per heavy atom. The second-order valence-electron chi connectivity index (χ2n) is 3.56. The molecule has 1 aromatic carbocycles. The van der Waals surface area contributed by atoms with Crippen molar-refractivity contribution in [2.75, 3.05) is 7.11 Å². The highest BCUT2D eigenvalue weighted by molar-refractivity contribution is 5.85. The number of methoxy groups -OCH3 is 1. The number of carboxylic acid groups (broad SMARTS) is 1. The fourth-order valence-corrected chi connectivity index (χ4v) is 1.55. The topological polar surface area (TPSA) is 72.6 Å². The summed E-state index contributed by atoms with van der Waals surface area (Å²) < 4.78 is 9.80. The van der Waals surface area contributed by atoms with Crippen LogP contribution in [-0.2, 0) is 0 Å². The van der Waals surface area contributed by atoms with E-state index >= 15 is 0 Å². The minimum absolute atomic E-state index is 0.171. The van der Waals surface area contributed by atoms with Crippen molar-refractivity contribution in [3.8, 4) is 17.0 Å². The lowest BCUT2D eigenvalue weighted by Gasteiger charge is -2.04. The van der Waals surface area contributed by atoms with E-state index in [0.29, 0.717) is 5.69 Å². The van der Waals surface area contributed by atoms with Crippen LogP contribution in [-0.4, -0.2) is 23.3 Å². The van der Waals surface area contributed by atoms with Gasteiger partial charge in [0.05, 0.1) is 7.11 Å². The number of rotatable bonds is 3. The monoisotopic (exact) mass is 233 g/mol. The fourth-order valence-electron chi connectivity index (χ4n) is 1.55. The van der Waals surface area contributed by atoms with Gasteiger partial charge in [-0.3, -0.25) is 0 Å². The number of aromatic carboxylic acids is 1. The predicted octanol–water partition coefficient (Wildman–Crippen LogP) is 2.36. The molecule has 5 heteroatoms. The molecule has 0 spiro atoms. The first kappa shape index (κ1) is 11.2. The first-order chi connectivity index (χ1) is 8.11. The quantitative estimate of drug-likeness (QED) is 0.880. The van der Waals surface area contributed by atoms with Gasteiger partial charge in [-0.2, -0.15) is 0 Å². The Labute approximate surface area is 97.6 Å². The molecule has 0 fully saturated rings. The van der Waals surface area contributed by atoms with Crippen molar-refractivity contribution in [1.82, 2.24) is 5.16 Å². The Bertz CT molecular complexity index is 559. The molecule has 2 aromatic rings. The number of hydrogen-bond acceptors (Lipinski definition) is 4. The zero-order chi connectivity index (χ0) is 12.4. The molecule has 5 nitrogen and oxygen atoms in total. The van der Waals surface area contributed by atoms with Gasteiger partial charge in [-0.1, -0.05) is 5.16 Å². The average molecular weight is 233 g/mol. The molecule has 0 saturated carbocycles. The molecule has 1 N–H and O–H groups in total. The molecule has 0 aliphatic heterocycles. The van der Waals surface area contributed by atoms with Crippen molar-refractivity contribution in [3.05, 3.63) is 35.6 Å². The van der Waals surface area contributed by atoms with Gasteiger partial charge in [-0.05, 0) is 30.7 Å². The van der Waals surface area contributed by atoms with Gasteiger partial charge in [0.2, 0.25) is 5.76 Å². The predicted molar refractivity (Wildman–Crippen MR) is 60.2 cm³/mol. The lowest BCUT2D eigenvalue weighted by atomic mass is 10.1. The Kier molecular flexibility index (Phi) is 2.82. The van der Waals surface area contributed by atoms with Gasteiger partial charge >= 0.3 is 5.97 Å². The molecule has 1 heterocycles. The van der Waals surface area contributed by atoms with E-state index in [-0.39, 0.29) is 5.76 Å². The highest BCUT2D eigenvalue weighted by Gasteiger charge is 2.13. The van der Waals surface area contributed by atoms with Crippen LogP contribution in [0.25, 0.3) is 11.3 Å². The van der Waals surface area contributed by atoms with Crippen LogP contribution in [0, 0.1) is 6.92 Å². The molecule has 0 aliphatic rings. The van der Waals surface area contributed by atoms with Crippen LogP contribution in [0.2, 0.25) is 0 Å². The summed E-state index contributed by atoms with van der Waals surface area (Å²) in [5, 5.41) is 12.5. The van der Waals surface area contributed by atoms with Crippen LogP contribution in [0.1, 0.15) is 16.1 Å². The van der Waals surface area contributed by atoms with E-state index in [2.05, 4.69) is 5.16 Å². The van der Waals surface area contributed by atoms with Crippen LogP contribution in [0.15, 0.2) is 28.8 Å². The van der Waals surface area contributed by atoms with Gasteiger partial charge in [0.1, 0.15) is 11.4 Å². The number of ether oxygens (including phenoxy) is 1. The molecular formula is C12H11NO4. The van der Waals surface area contributed by atoms with E-state index < -0.39 is 5.97 Å². The van der Waals surface area contributed by atoms with Gasteiger partial charge in [-0.25, -0.2) is 4.79 Å². The lowest BCUT2D eigenvalue weighted by Crippen LogP contribution is -1.91. The van der Waals surface area contributed by atoms with Crippen LogP contribution in [0.3, 0.4) is 0 Å². The number of aryl methyl sites for hydroxylation is 1. The first-order valence-electron chi connectivity index (χ1n) is 4.97. The SMILES string of the molecule is COc1ccc(-c2cc(C(=O)O)on2)c(C)c1. The third-order valence-corrected chi connectivity index (χ3v) is 2.43. The van der Waals surface area contributed by atoms with Gasteiger partial charge < -0.3 is 14.4 Å². The van der Waals surface area contributed by atoms with Crippen molar-refractivity contribution in [2.45, 2.75) is 6.92 Å². The number of nitrogens with zero attached hydrogens (tertiary/aromatic N) is 1. The van der Waals surface area contributed by atoms with Crippen molar-refractivity contribution >= 4 is 5.97 Å². The number of carboxylic acids is 1. The summed E-state index contributed by atoms with van der Waals surface area (Å²) in [4.78, 5) is 10.7. The summed E-state index contributed by atoms with van der Waals surface area (Å²) in [6, 6.07) is 6.86. The number of hydrogen-bond donors (Lipinski definition) is 1. The highest BCUT2D eigenvalue weighted by Crippen LogP contribution is 2.26. The minimum Gasteiger partial charge on any atom is -0.497 e. The van der Waals surface area contributed by atoms with Gasteiger partial charge in [-0.15, -0.1) is 0 Å². The summed E-state index contributed by atoms with van der Waals surface area (Å²) >= 11 is 0. The maximum atomic E-state index is 10.7. The average Bonchev–Trinajstić information content (AvgIpc) is 2.78. The molecule has 0 saturated heterocycles. The van der Waals surface area contributed by atoms with Crippen molar-refractivity contribution in [1.29, 1.82) is 0 Å². The molecule has 17 heavy (non-hydrogen) atoms. The van der Waals surface area contributed by atoms with Gasteiger partial charge in [0, 0.05) is 11.6 Å². The maximum absolute atomic E-state index is 10.7. The van der Waals surface area contributed by atoms with E-state index in [1.54, 1.807) is 13.2 Å². The molecule has 2 rings (SSSR count). The second kappa shape index (κ2) is 4.29. The van der Waals surface area contributed by atoms with E-state index in [0.717, 1.165) is 16.9 Å². The maximum Gasteiger partial charge on any atom is 0.374 e. The zero-order valence-corrected chi connectivity index (χ0v) is 9.43. The molecule has 0 atom stereocenters. The summed E-state index contributed by atoms with van der Waals surface area (Å²) in [7, 11) is 1.59. The molecule has 88 valence electrons. The van der Waals surface area contributed by atoms with Crippen LogP contribution >= 0.6 is 0 Å². The molecular weight excluding hydrogens is 222 g/mol. The summed E-state index contributed by atoms with van der Waals surface area (Å²) in [6.07, 6.45) is 0. The van der Waals surface area contributed by atoms with Crippen LogP contribution in [0.5, 0.6) is 5.75 Å². The fraction of sp³-hybridized carbons (Fsp3) is 0.167. The third kappa shape index (κ3) is 2.13. The summed E-state index contributed by atoms with van der Waals surface area (Å²) in [5.41, 5.74) is 2.26. The largest absolute Gasteiger partial charge is 0.497 e. The van der Waals surface area contributed by atoms with Crippen LogP contribution < -0.4 is 4.74 Å². The molecule has 0 bridgehead atoms. The van der Waals surface area contributed by atoms with Crippen LogP contribution in [0.4, 0.5) is 0 Å².